The second kappa shape index (κ2) is 6.09. The van der Waals surface area contributed by atoms with Gasteiger partial charge in [0.15, 0.2) is 11.6 Å². The van der Waals surface area contributed by atoms with E-state index < -0.39 is 26.6 Å². The summed E-state index contributed by atoms with van der Waals surface area (Å²) in [6.07, 6.45) is 0. The second-order valence-corrected chi connectivity index (χ2v) is 5.76. The van der Waals surface area contributed by atoms with Gasteiger partial charge in [-0.1, -0.05) is 12.1 Å². The lowest BCUT2D eigenvalue weighted by Crippen LogP contribution is -2.14. The standard InChI is InChI=1S/C14H13F2NO3S/c1-2-20-13-8-7-10(9-12(13)16)17-21(18,19)14-6-4-3-5-11(14)15/h3-9,17H,2H2,1H3. The highest BCUT2D eigenvalue weighted by Crippen LogP contribution is 2.24. The van der Waals surface area contributed by atoms with E-state index in [0.29, 0.717) is 0 Å². The number of nitrogens with one attached hydrogen (secondary N) is 1. The lowest BCUT2D eigenvalue weighted by molar-refractivity contribution is 0.321. The van der Waals surface area contributed by atoms with Crippen LogP contribution in [0.2, 0.25) is 0 Å². The molecule has 0 bridgehead atoms. The Kier molecular flexibility index (Phi) is 4.42. The summed E-state index contributed by atoms with van der Waals surface area (Å²) in [5.41, 5.74) is -0.0146. The number of rotatable bonds is 5. The zero-order valence-corrected chi connectivity index (χ0v) is 12.0. The Morgan fingerprint density at radius 1 is 1.10 bits per heavy atom. The SMILES string of the molecule is CCOc1ccc(NS(=O)(=O)c2ccccc2F)cc1F. The molecule has 4 nitrogen and oxygen atoms in total. The van der Waals surface area contributed by atoms with E-state index in [9.17, 15) is 17.2 Å². The van der Waals surface area contributed by atoms with Crippen molar-refractivity contribution < 1.29 is 21.9 Å². The largest absolute Gasteiger partial charge is 0.491 e. The maximum atomic E-state index is 13.7. The van der Waals surface area contributed by atoms with Gasteiger partial charge < -0.3 is 4.74 Å². The van der Waals surface area contributed by atoms with E-state index in [-0.39, 0.29) is 18.0 Å². The maximum Gasteiger partial charge on any atom is 0.264 e. The summed E-state index contributed by atoms with van der Waals surface area (Å²) < 4.78 is 58.4. The van der Waals surface area contributed by atoms with Crippen molar-refractivity contribution >= 4 is 15.7 Å². The monoisotopic (exact) mass is 313 g/mol. The molecule has 21 heavy (non-hydrogen) atoms. The summed E-state index contributed by atoms with van der Waals surface area (Å²) in [5.74, 6) is -1.56. The number of halogens is 2. The molecule has 0 unspecified atom stereocenters. The zero-order chi connectivity index (χ0) is 15.5. The van der Waals surface area contributed by atoms with Crippen LogP contribution in [0.5, 0.6) is 5.75 Å². The van der Waals surface area contributed by atoms with E-state index in [4.69, 9.17) is 4.74 Å². The van der Waals surface area contributed by atoms with Gasteiger partial charge in [-0.2, -0.15) is 0 Å². The van der Waals surface area contributed by atoms with Crippen LogP contribution in [0, 0.1) is 11.6 Å². The van der Waals surface area contributed by atoms with Crippen molar-refractivity contribution in [2.45, 2.75) is 11.8 Å². The summed E-state index contributed by atoms with van der Waals surface area (Å²) in [5, 5.41) is 0. The predicted octanol–water partition coefficient (Wildman–Crippen LogP) is 3.16. The van der Waals surface area contributed by atoms with Gasteiger partial charge in [-0.3, -0.25) is 4.72 Å². The van der Waals surface area contributed by atoms with Crippen LogP contribution >= 0.6 is 0 Å². The van der Waals surface area contributed by atoms with Gasteiger partial charge in [-0.05, 0) is 31.2 Å². The molecule has 2 aromatic carbocycles. The maximum absolute atomic E-state index is 13.7. The Morgan fingerprint density at radius 3 is 2.43 bits per heavy atom. The van der Waals surface area contributed by atoms with Crippen molar-refractivity contribution in [1.82, 2.24) is 0 Å². The molecule has 2 aromatic rings. The molecule has 0 aliphatic heterocycles. The number of sulfonamides is 1. The summed E-state index contributed by atoms with van der Waals surface area (Å²) >= 11 is 0. The normalized spacial score (nSPS) is 11.2. The summed E-state index contributed by atoms with van der Waals surface area (Å²) in [6.45, 7) is 1.99. The highest BCUT2D eigenvalue weighted by atomic mass is 32.2. The number of ether oxygens (including phenoxy) is 1. The molecule has 0 fully saturated rings. The highest BCUT2D eigenvalue weighted by molar-refractivity contribution is 7.92. The molecule has 0 heterocycles. The fraction of sp³-hybridized carbons (Fsp3) is 0.143. The van der Waals surface area contributed by atoms with Crippen LogP contribution in [-0.2, 0) is 10.0 Å². The minimum atomic E-state index is -4.12. The first-order valence-electron chi connectivity index (χ1n) is 6.13. The molecule has 0 amide bonds. The quantitative estimate of drug-likeness (QED) is 0.922. The van der Waals surface area contributed by atoms with Crippen molar-refractivity contribution in [3.8, 4) is 5.75 Å². The van der Waals surface area contributed by atoms with E-state index in [0.717, 1.165) is 18.2 Å². The van der Waals surface area contributed by atoms with E-state index in [1.54, 1.807) is 6.92 Å². The molecule has 7 heteroatoms. The summed E-state index contributed by atoms with van der Waals surface area (Å²) in [6, 6.07) is 8.56. The van der Waals surface area contributed by atoms with Gasteiger partial charge in [-0.15, -0.1) is 0 Å². The smallest absolute Gasteiger partial charge is 0.264 e. The van der Waals surface area contributed by atoms with Crippen LogP contribution in [-0.4, -0.2) is 15.0 Å². The first-order chi connectivity index (χ1) is 9.94. The van der Waals surface area contributed by atoms with Gasteiger partial charge in [0.25, 0.3) is 10.0 Å². The number of anilines is 1. The molecule has 0 aliphatic carbocycles. The minimum absolute atomic E-state index is 0.0146. The third-order valence-corrected chi connectivity index (χ3v) is 4.02. The van der Waals surface area contributed by atoms with Gasteiger partial charge >= 0.3 is 0 Å². The molecular weight excluding hydrogens is 300 g/mol. The zero-order valence-electron chi connectivity index (χ0n) is 11.1. The molecule has 0 spiro atoms. The summed E-state index contributed by atoms with van der Waals surface area (Å²) in [4.78, 5) is -0.501. The van der Waals surface area contributed by atoms with Crippen LogP contribution in [0.3, 0.4) is 0 Å². The molecule has 0 radical (unpaired) electrons. The summed E-state index contributed by atoms with van der Waals surface area (Å²) in [7, 11) is -4.12. The average molecular weight is 313 g/mol. The third-order valence-electron chi connectivity index (χ3n) is 2.61. The number of hydrogen-bond acceptors (Lipinski definition) is 3. The molecule has 2 rings (SSSR count). The first kappa shape index (κ1) is 15.2. The van der Waals surface area contributed by atoms with Crippen molar-refractivity contribution in [3.05, 3.63) is 54.1 Å². The predicted molar refractivity (Wildman–Crippen MR) is 74.8 cm³/mol. The topological polar surface area (TPSA) is 55.4 Å². The Labute approximate surface area is 121 Å². The Morgan fingerprint density at radius 2 is 1.81 bits per heavy atom. The molecule has 0 aliphatic rings. The minimum Gasteiger partial charge on any atom is -0.491 e. The molecule has 0 aromatic heterocycles. The van der Waals surface area contributed by atoms with Crippen LogP contribution in [0.15, 0.2) is 47.4 Å². The molecule has 0 saturated carbocycles. The average Bonchev–Trinajstić information content (AvgIpc) is 2.42. The Hall–Kier alpha value is -2.15. The molecule has 112 valence electrons. The molecular formula is C14H13F2NO3S. The fourth-order valence-electron chi connectivity index (χ4n) is 1.71. The highest BCUT2D eigenvalue weighted by Gasteiger charge is 2.19. The van der Waals surface area contributed by atoms with E-state index in [2.05, 4.69) is 4.72 Å². The van der Waals surface area contributed by atoms with Gasteiger partial charge in [0.05, 0.1) is 12.3 Å². The van der Waals surface area contributed by atoms with Gasteiger partial charge in [0, 0.05) is 6.07 Å². The molecule has 0 atom stereocenters. The van der Waals surface area contributed by atoms with Crippen LogP contribution in [0.4, 0.5) is 14.5 Å². The van der Waals surface area contributed by atoms with Crippen molar-refractivity contribution in [1.29, 1.82) is 0 Å². The van der Waals surface area contributed by atoms with E-state index in [1.165, 1.54) is 24.3 Å². The van der Waals surface area contributed by atoms with Gasteiger partial charge in [0.2, 0.25) is 0 Å². The number of benzene rings is 2. The lowest BCUT2D eigenvalue weighted by Gasteiger charge is -2.10. The van der Waals surface area contributed by atoms with Crippen LogP contribution in [0.25, 0.3) is 0 Å². The van der Waals surface area contributed by atoms with E-state index >= 15 is 0 Å². The van der Waals surface area contributed by atoms with Crippen molar-refractivity contribution in [3.63, 3.8) is 0 Å². The number of hydrogen-bond donors (Lipinski definition) is 1. The Bertz CT molecular complexity index is 748. The molecule has 0 saturated heterocycles. The van der Waals surface area contributed by atoms with Crippen LogP contribution in [0.1, 0.15) is 6.92 Å². The van der Waals surface area contributed by atoms with E-state index in [1.807, 2.05) is 0 Å². The van der Waals surface area contributed by atoms with Crippen molar-refractivity contribution in [2.24, 2.45) is 0 Å². The lowest BCUT2D eigenvalue weighted by atomic mass is 10.3. The fourth-order valence-corrected chi connectivity index (χ4v) is 2.84. The van der Waals surface area contributed by atoms with Gasteiger partial charge in [0.1, 0.15) is 10.7 Å². The van der Waals surface area contributed by atoms with Gasteiger partial charge in [-0.25, -0.2) is 17.2 Å². The third kappa shape index (κ3) is 3.49. The van der Waals surface area contributed by atoms with Crippen molar-refractivity contribution in [2.75, 3.05) is 11.3 Å². The first-order valence-corrected chi connectivity index (χ1v) is 7.62. The van der Waals surface area contributed by atoms with Crippen LogP contribution < -0.4 is 9.46 Å². The Balaban J connectivity index is 2.29. The molecule has 1 N–H and O–H groups in total. The second-order valence-electron chi connectivity index (χ2n) is 4.11.